The quantitative estimate of drug-likeness (QED) is 0.109. The Morgan fingerprint density at radius 2 is 0.626 bits per heavy atom. The van der Waals surface area contributed by atoms with Gasteiger partial charge in [0, 0.05) is 65.3 Å². The lowest BCUT2D eigenvalue weighted by Gasteiger charge is -2.21. The average Bonchev–Trinajstić information content (AvgIpc) is 1.58. The minimum absolute atomic E-state index is 0.331. The van der Waals surface area contributed by atoms with Crippen LogP contribution in [0.2, 0.25) is 58.9 Å². The van der Waals surface area contributed by atoms with Crippen LogP contribution in [-0.2, 0) is 33.5 Å². The molecule has 0 spiro atoms. The van der Waals surface area contributed by atoms with Crippen molar-refractivity contribution in [2.24, 2.45) is 99.5 Å². The van der Waals surface area contributed by atoms with Crippen molar-refractivity contribution in [3.8, 4) is 34.4 Å². The van der Waals surface area contributed by atoms with E-state index in [1.807, 2.05) is 12.1 Å². The van der Waals surface area contributed by atoms with Gasteiger partial charge in [0.25, 0.3) is 0 Å². The fraction of sp³-hybridized carbons (Fsp3) is 0.789. The van der Waals surface area contributed by atoms with Crippen LogP contribution in [0.3, 0.4) is 0 Å². The summed E-state index contributed by atoms with van der Waals surface area (Å²) in [5.41, 5.74) is 23.3. The number of ether oxygens (including phenoxy) is 3. The standard InChI is InChI=1S/2C14H26.C13H21N.C11H16.3C10H20Si.3C9H18O.C9H14O.C5H12/c2*1-10(2)8-11-12(14(11,6)7)9-13(3,4)5;1-13(2,3)10-11-7-6-8-12(9-11)14(4)5;1-11(2,3)9-10-7-5-4-6-8-10;3*1-10(2,3)8-7-9-11(4,5)6;4*1-9(2,3)7-8-5-4-6-10-8;1-5(2,3)4/h2*8,11-12H,9H2,1-7H3;6-9H,10H2,1-5H3;4-8H,9H2,1-3H3;3*8H2,1-6H3;3*8H,4-7H2,1-3H3;4-6H,7H2,1-3H3;1-4H3. The number of anilines is 1. The third-order valence-electron chi connectivity index (χ3n) is 20.8. The van der Waals surface area contributed by atoms with Gasteiger partial charge in [-0.15, -0.1) is 34.4 Å². The maximum absolute atomic E-state index is 5.53. The number of rotatable bonds is 11. The summed E-state index contributed by atoms with van der Waals surface area (Å²) in [4.78, 5) is 2.14. The van der Waals surface area contributed by atoms with Gasteiger partial charge in [-0.3, -0.25) is 0 Å². The molecule has 762 valence electrons. The van der Waals surface area contributed by atoms with E-state index in [0.29, 0.717) is 94.1 Å². The third kappa shape index (κ3) is 91.1. The van der Waals surface area contributed by atoms with Gasteiger partial charge < -0.3 is 23.5 Å². The fourth-order valence-corrected chi connectivity index (χ4v) is 16.8. The van der Waals surface area contributed by atoms with Crippen LogP contribution in [0.4, 0.5) is 5.69 Å². The first-order valence-electron chi connectivity index (χ1n) is 51.7. The number of furan rings is 1. The second-order valence-electron chi connectivity index (χ2n) is 59.3. The molecule has 3 saturated heterocycles. The van der Waals surface area contributed by atoms with Gasteiger partial charge in [-0.25, -0.2) is 0 Å². The first kappa shape index (κ1) is 133. The molecule has 5 fully saturated rings. The molecule has 8 rings (SSSR count). The summed E-state index contributed by atoms with van der Waals surface area (Å²) < 4.78 is 21.8. The molecule has 8 heteroatoms. The monoisotopic (exact) mass is 1870 g/mol. The number of benzene rings is 2. The highest BCUT2D eigenvalue weighted by atomic mass is 28.3. The molecule has 5 aliphatic rings. The molecule has 7 unspecified atom stereocenters. The molecule has 7 atom stereocenters. The van der Waals surface area contributed by atoms with Crippen LogP contribution in [0.15, 0.2) is 101 Å². The van der Waals surface area contributed by atoms with E-state index in [9.17, 15) is 0 Å². The lowest BCUT2D eigenvalue weighted by atomic mass is 9.87. The lowest BCUT2D eigenvalue weighted by Crippen LogP contribution is -2.16. The smallest absolute Gasteiger partial charge is 0.129 e. The van der Waals surface area contributed by atoms with Crippen LogP contribution < -0.4 is 4.90 Å². The highest BCUT2D eigenvalue weighted by molar-refractivity contribution is 6.84. The Bertz CT molecular complexity index is 3480. The summed E-state index contributed by atoms with van der Waals surface area (Å²) >= 11 is 0. The normalized spacial score (nSPS) is 19.3. The van der Waals surface area contributed by atoms with E-state index < -0.39 is 24.2 Å². The van der Waals surface area contributed by atoms with E-state index in [4.69, 9.17) is 18.6 Å². The zero-order valence-corrected chi connectivity index (χ0v) is 102. The molecular formula is C123H229NO4Si3. The largest absolute Gasteiger partial charge is 0.469 e. The van der Waals surface area contributed by atoms with Gasteiger partial charge in [-0.05, 0) is 246 Å². The van der Waals surface area contributed by atoms with Crippen LogP contribution >= 0.6 is 0 Å². The molecule has 0 bridgehead atoms. The van der Waals surface area contributed by atoms with Gasteiger partial charge in [0.2, 0.25) is 0 Å². The number of nitrogens with zero attached hydrogens (tertiary/aromatic N) is 1. The van der Waals surface area contributed by atoms with Crippen molar-refractivity contribution in [3.63, 3.8) is 0 Å². The van der Waals surface area contributed by atoms with Crippen LogP contribution in [0.5, 0.6) is 0 Å². The van der Waals surface area contributed by atoms with E-state index in [0.717, 1.165) is 87.8 Å². The van der Waals surface area contributed by atoms with Crippen LogP contribution in [0.1, 0.15) is 418 Å². The number of hydrogen-bond acceptors (Lipinski definition) is 5. The zero-order valence-electron chi connectivity index (χ0n) is 98.8. The highest BCUT2D eigenvalue weighted by Crippen LogP contribution is 2.64. The van der Waals surface area contributed by atoms with Crippen molar-refractivity contribution >= 4 is 29.9 Å². The average molecular weight is 1870 g/mol. The van der Waals surface area contributed by atoms with Gasteiger partial charge in [0.1, 0.15) is 30.0 Å². The van der Waals surface area contributed by atoms with Crippen LogP contribution in [0.25, 0.3) is 0 Å². The first-order valence-corrected chi connectivity index (χ1v) is 62.2. The summed E-state index contributed by atoms with van der Waals surface area (Å²) in [5.74, 6) is 14.4. The van der Waals surface area contributed by atoms with Crippen molar-refractivity contribution in [2.75, 3.05) is 38.8 Å². The molecule has 1 aromatic heterocycles. The SMILES string of the molecule is CC(C)(C)C.CC(C)(C)CC#C[Si](C)(C)C.CC(C)(C)CC#C[Si](C)(C)C.CC(C)(C)CC#C[Si](C)(C)C.CC(C)(C)CC1CCCO1.CC(C)(C)CC1CCCO1.CC(C)(C)CC1CCCO1.CC(C)(C)Cc1ccccc1.CC(C)(C)Cc1ccco1.CC(C)=CC1C(CC(C)(C)C)C1(C)C.CC(C)=CC1C(CC(C)(C)C)C1(C)C.CN(C)c1cccc(CC(C)(C)C)c1. The molecule has 2 aliphatic carbocycles. The molecule has 0 amide bonds. The third-order valence-corrected chi connectivity index (χ3v) is 23.6. The Morgan fingerprint density at radius 3 is 0.840 bits per heavy atom. The molecule has 3 aromatic rings. The Hall–Kier alpha value is -3.79. The lowest BCUT2D eigenvalue weighted by molar-refractivity contribution is 0.0760. The summed E-state index contributed by atoms with van der Waals surface area (Å²) in [6.07, 6.45) is 28.7. The maximum atomic E-state index is 5.53. The molecule has 3 aliphatic heterocycles. The molecule has 0 N–H and O–H groups in total. The number of allylic oxidation sites excluding steroid dienone is 4. The van der Waals surface area contributed by atoms with Crippen molar-refractivity contribution in [3.05, 3.63) is 113 Å². The Balaban J connectivity index is -0.000000675. The summed E-state index contributed by atoms with van der Waals surface area (Å²) in [7, 11) is 0.805. The molecule has 2 saturated carbocycles. The van der Waals surface area contributed by atoms with E-state index in [-0.39, 0.29) is 0 Å². The molecule has 131 heavy (non-hydrogen) atoms. The van der Waals surface area contributed by atoms with Crippen molar-refractivity contribution in [1.82, 2.24) is 0 Å². The topological polar surface area (TPSA) is 44.1 Å². The van der Waals surface area contributed by atoms with E-state index >= 15 is 0 Å². The predicted molar refractivity (Wildman–Crippen MR) is 604 cm³/mol. The van der Waals surface area contributed by atoms with Gasteiger partial charge in [0.05, 0.1) is 24.6 Å². The first-order chi connectivity index (χ1) is 58.2. The van der Waals surface area contributed by atoms with Crippen molar-refractivity contribution < 1.29 is 18.6 Å². The Morgan fingerprint density at radius 1 is 0.351 bits per heavy atom. The molecule has 0 radical (unpaired) electrons. The Labute approximate surface area is 826 Å². The molecular weight excluding hydrogens is 1640 g/mol. The highest BCUT2D eigenvalue weighted by Gasteiger charge is 2.57. The molecule has 4 heterocycles. The predicted octanol–water partition coefficient (Wildman–Crippen LogP) is 38.6. The fourth-order valence-electron chi connectivity index (χ4n) is 14.9. The van der Waals surface area contributed by atoms with Gasteiger partial charge in [0.15, 0.2) is 0 Å². The summed E-state index contributed by atoms with van der Waals surface area (Å²) in [6.45, 7) is 126. The molecule has 2 aromatic carbocycles. The second-order valence-corrected chi connectivity index (χ2v) is 73.6. The van der Waals surface area contributed by atoms with Gasteiger partial charge >= 0.3 is 0 Å². The van der Waals surface area contributed by atoms with Gasteiger partial charge in [-0.2, -0.15) is 0 Å². The maximum Gasteiger partial charge on any atom is 0.129 e. The van der Waals surface area contributed by atoms with Crippen LogP contribution in [-0.4, -0.2) is 76.4 Å². The number of hydrogen-bond donors (Lipinski definition) is 0. The van der Waals surface area contributed by atoms with E-state index in [1.165, 1.54) is 98.6 Å². The second kappa shape index (κ2) is 58.3. The minimum atomic E-state index is -1.12. The minimum Gasteiger partial charge on any atom is -0.469 e. The Kier molecular flexibility index (Phi) is 59.4. The zero-order chi connectivity index (χ0) is 104. The summed E-state index contributed by atoms with van der Waals surface area (Å²) in [6, 6.07) is 23.3. The van der Waals surface area contributed by atoms with E-state index in [2.05, 4.69) is 491 Å². The summed E-state index contributed by atoms with van der Waals surface area (Å²) in [5, 5.41) is 0. The van der Waals surface area contributed by atoms with Gasteiger partial charge in [-0.1, -0.05) is 409 Å². The van der Waals surface area contributed by atoms with Crippen molar-refractivity contribution in [2.45, 2.75) is 498 Å². The van der Waals surface area contributed by atoms with Crippen LogP contribution in [0, 0.1) is 134 Å². The van der Waals surface area contributed by atoms with Crippen molar-refractivity contribution in [1.29, 1.82) is 0 Å². The molecule has 5 nitrogen and oxygen atoms in total. The van der Waals surface area contributed by atoms with E-state index in [1.54, 1.807) is 6.26 Å².